The first-order chi connectivity index (χ1) is 8.58. The van der Waals surface area contributed by atoms with Gasteiger partial charge in [-0.2, -0.15) is 13.2 Å². The maximum atomic E-state index is 12.4. The third-order valence-electron chi connectivity index (χ3n) is 2.81. The first-order valence-corrected chi connectivity index (χ1v) is 6.31. The lowest BCUT2D eigenvalue weighted by Gasteiger charge is -2.27. The average Bonchev–Trinajstić information content (AvgIpc) is 2.27. The van der Waals surface area contributed by atoms with Crippen LogP contribution in [-0.2, 0) is 10.2 Å². The van der Waals surface area contributed by atoms with Gasteiger partial charge in [0.05, 0.1) is 7.11 Å². The van der Waals surface area contributed by atoms with Gasteiger partial charge in [-0.3, -0.25) is 4.79 Å². The van der Waals surface area contributed by atoms with Crippen molar-refractivity contribution in [1.82, 2.24) is 0 Å². The van der Waals surface area contributed by atoms with E-state index in [-0.39, 0.29) is 0 Å². The Labute approximate surface area is 118 Å². The average molecular weight is 339 g/mol. The van der Waals surface area contributed by atoms with Crippen LogP contribution in [0.15, 0.2) is 22.7 Å². The fourth-order valence-corrected chi connectivity index (χ4v) is 2.17. The minimum Gasteiger partial charge on any atom is -0.496 e. The lowest BCUT2D eigenvalue weighted by atomic mass is 9.79. The summed E-state index contributed by atoms with van der Waals surface area (Å²) in [5, 5.41) is 0. The van der Waals surface area contributed by atoms with E-state index in [0.717, 1.165) is 4.47 Å². The molecule has 0 aromatic heterocycles. The van der Waals surface area contributed by atoms with Crippen molar-refractivity contribution < 1.29 is 22.7 Å². The van der Waals surface area contributed by atoms with Crippen LogP contribution in [-0.4, -0.2) is 19.1 Å². The molecule has 1 aromatic carbocycles. The van der Waals surface area contributed by atoms with Crippen LogP contribution >= 0.6 is 15.9 Å². The molecule has 0 saturated heterocycles. The molecule has 0 spiro atoms. The van der Waals surface area contributed by atoms with Gasteiger partial charge in [0.25, 0.3) is 0 Å². The first kappa shape index (κ1) is 16.0. The Morgan fingerprint density at radius 3 is 2.37 bits per heavy atom. The van der Waals surface area contributed by atoms with Crippen molar-refractivity contribution in [1.29, 1.82) is 0 Å². The van der Waals surface area contributed by atoms with E-state index in [0.29, 0.717) is 11.3 Å². The van der Waals surface area contributed by atoms with E-state index < -0.39 is 23.8 Å². The highest BCUT2D eigenvalue weighted by atomic mass is 79.9. The molecule has 0 atom stereocenters. The first-order valence-electron chi connectivity index (χ1n) is 5.52. The van der Waals surface area contributed by atoms with Crippen molar-refractivity contribution in [3.63, 3.8) is 0 Å². The van der Waals surface area contributed by atoms with E-state index in [2.05, 4.69) is 15.9 Å². The van der Waals surface area contributed by atoms with Crippen LogP contribution in [0.25, 0.3) is 0 Å². The lowest BCUT2D eigenvalue weighted by Crippen LogP contribution is -2.31. The maximum Gasteiger partial charge on any atom is 0.450 e. The molecule has 19 heavy (non-hydrogen) atoms. The van der Waals surface area contributed by atoms with Crippen LogP contribution in [0, 0.1) is 0 Å². The second kappa shape index (κ2) is 5.53. The number of alkyl halides is 3. The number of ether oxygens (including phenoxy) is 1. The molecule has 106 valence electrons. The van der Waals surface area contributed by atoms with Gasteiger partial charge in [-0.1, -0.05) is 29.8 Å². The molecule has 6 heteroatoms. The number of carbonyl (C=O) groups excluding carboxylic acids is 1. The lowest BCUT2D eigenvalue weighted by molar-refractivity contribution is -0.172. The summed E-state index contributed by atoms with van der Waals surface area (Å²) >= 11 is 3.26. The highest BCUT2D eigenvalue weighted by Crippen LogP contribution is 2.38. The third-order valence-corrected chi connectivity index (χ3v) is 3.30. The Kier molecular flexibility index (Phi) is 4.66. The van der Waals surface area contributed by atoms with Crippen LogP contribution in [0.2, 0.25) is 0 Å². The molecule has 0 radical (unpaired) electrons. The molecule has 0 heterocycles. The van der Waals surface area contributed by atoms with Gasteiger partial charge in [0, 0.05) is 21.9 Å². The van der Waals surface area contributed by atoms with Crippen LogP contribution in [0.3, 0.4) is 0 Å². The summed E-state index contributed by atoms with van der Waals surface area (Å²) in [5.41, 5.74) is -0.413. The molecule has 0 saturated carbocycles. The summed E-state index contributed by atoms with van der Waals surface area (Å²) in [6.07, 6.45) is -5.43. The monoisotopic (exact) mass is 338 g/mol. The predicted molar refractivity (Wildman–Crippen MR) is 69.4 cm³/mol. The van der Waals surface area contributed by atoms with Crippen molar-refractivity contribution >= 4 is 21.7 Å². The van der Waals surface area contributed by atoms with Gasteiger partial charge < -0.3 is 4.74 Å². The van der Waals surface area contributed by atoms with Gasteiger partial charge in [-0.15, -0.1) is 0 Å². The van der Waals surface area contributed by atoms with Gasteiger partial charge in [0.2, 0.25) is 5.78 Å². The highest BCUT2D eigenvalue weighted by molar-refractivity contribution is 9.10. The highest BCUT2D eigenvalue weighted by Gasteiger charge is 2.42. The molecule has 0 bridgehead atoms. The molecule has 0 amide bonds. The van der Waals surface area contributed by atoms with Crippen molar-refractivity contribution in [2.24, 2.45) is 0 Å². The van der Waals surface area contributed by atoms with Gasteiger partial charge in [-0.25, -0.2) is 0 Å². The summed E-state index contributed by atoms with van der Waals surface area (Å²) in [6, 6.07) is 5.05. The second-order valence-electron chi connectivity index (χ2n) is 4.83. The molecule has 0 unspecified atom stereocenters. The zero-order valence-electron chi connectivity index (χ0n) is 10.8. The van der Waals surface area contributed by atoms with Crippen LogP contribution < -0.4 is 4.74 Å². The molecular formula is C13H14BrF3O2. The molecule has 0 aliphatic carbocycles. The van der Waals surface area contributed by atoms with E-state index in [1.165, 1.54) is 7.11 Å². The fraction of sp³-hybridized carbons (Fsp3) is 0.462. The Bertz CT molecular complexity index is 481. The number of benzene rings is 1. The molecule has 0 aliphatic heterocycles. The smallest absolute Gasteiger partial charge is 0.450 e. The predicted octanol–water partition coefficient (Wildman–Crippen LogP) is 4.26. The number of rotatable bonds is 4. The summed E-state index contributed by atoms with van der Waals surface area (Å²) in [7, 11) is 1.44. The van der Waals surface area contributed by atoms with Crippen molar-refractivity contribution in [2.45, 2.75) is 31.9 Å². The molecule has 0 aliphatic rings. The van der Waals surface area contributed by atoms with Crippen LogP contribution in [0.1, 0.15) is 25.8 Å². The SMILES string of the molecule is COc1ccc(Br)cc1C(C)(C)CC(=O)C(F)(F)F. The second-order valence-corrected chi connectivity index (χ2v) is 5.74. The quantitative estimate of drug-likeness (QED) is 0.820. The number of methoxy groups -OCH3 is 1. The Balaban J connectivity index is 3.13. The largest absolute Gasteiger partial charge is 0.496 e. The number of hydrogen-bond acceptors (Lipinski definition) is 2. The zero-order chi connectivity index (χ0) is 14.8. The van der Waals surface area contributed by atoms with Gasteiger partial charge in [0.15, 0.2) is 0 Å². The van der Waals surface area contributed by atoms with E-state index >= 15 is 0 Å². The van der Waals surface area contributed by atoms with E-state index in [9.17, 15) is 18.0 Å². The van der Waals surface area contributed by atoms with Crippen molar-refractivity contribution in [3.05, 3.63) is 28.2 Å². The third kappa shape index (κ3) is 3.96. The molecule has 0 fully saturated rings. The molecular weight excluding hydrogens is 325 g/mol. The van der Waals surface area contributed by atoms with Crippen LogP contribution in [0.5, 0.6) is 5.75 Å². The maximum absolute atomic E-state index is 12.4. The molecule has 0 N–H and O–H groups in total. The topological polar surface area (TPSA) is 26.3 Å². The molecule has 2 nitrogen and oxygen atoms in total. The van der Waals surface area contributed by atoms with E-state index in [1.54, 1.807) is 32.0 Å². The zero-order valence-corrected chi connectivity index (χ0v) is 12.4. The van der Waals surface area contributed by atoms with Gasteiger partial charge in [-0.05, 0) is 18.2 Å². The number of hydrogen-bond donors (Lipinski definition) is 0. The molecule has 1 aromatic rings. The van der Waals surface area contributed by atoms with Gasteiger partial charge >= 0.3 is 6.18 Å². The standard InChI is InChI=1S/C13H14BrF3O2/c1-12(2,7-11(18)13(15,16)17)9-6-8(14)4-5-10(9)19-3/h4-6H,7H2,1-3H3. The number of halogens is 4. The molecule has 1 rings (SSSR count). The van der Waals surface area contributed by atoms with Crippen molar-refractivity contribution in [2.75, 3.05) is 7.11 Å². The van der Waals surface area contributed by atoms with Gasteiger partial charge in [0.1, 0.15) is 5.75 Å². The number of carbonyl (C=O) groups is 1. The minimum atomic E-state index is -4.81. The van der Waals surface area contributed by atoms with Crippen molar-refractivity contribution in [3.8, 4) is 5.75 Å². The Morgan fingerprint density at radius 2 is 1.89 bits per heavy atom. The summed E-state index contributed by atoms with van der Waals surface area (Å²) in [6.45, 7) is 3.17. The van der Waals surface area contributed by atoms with E-state index in [4.69, 9.17) is 4.74 Å². The van der Waals surface area contributed by atoms with E-state index in [1.807, 2.05) is 0 Å². The summed E-state index contributed by atoms with van der Waals surface area (Å²) in [4.78, 5) is 11.2. The number of ketones is 1. The fourth-order valence-electron chi connectivity index (χ4n) is 1.81. The minimum absolute atomic E-state index is 0.461. The number of Topliss-reactive ketones (excluding diaryl/α,β-unsaturated/α-hetero) is 1. The normalized spacial score (nSPS) is 12.4. The summed E-state index contributed by atoms with van der Waals surface area (Å²) < 4.78 is 43.0. The Hall–Kier alpha value is -1.04. The van der Waals surface area contributed by atoms with Crippen LogP contribution in [0.4, 0.5) is 13.2 Å². The Morgan fingerprint density at radius 1 is 1.32 bits per heavy atom. The summed E-state index contributed by atoms with van der Waals surface area (Å²) in [5.74, 6) is -1.28.